The van der Waals surface area contributed by atoms with Gasteiger partial charge in [-0.15, -0.1) is 11.6 Å². The van der Waals surface area contributed by atoms with Crippen LogP contribution in [-0.2, 0) is 0 Å². The van der Waals surface area contributed by atoms with Gasteiger partial charge in [0.1, 0.15) is 5.82 Å². The standard InChI is InChI=1S/C13H13ClN2/c14-9-11(10-5-2-1-3-6-10)12-7-4-8-13(15)16-12/h1-8,11H,9H2,(H2,15,16). The number of pyridine rings is 1. The van der Waals surface area contributed by atoms with Crippen LogP contribution in [0.1, 0.15) is 17.2 Å². The Morgan fingerprint density at radius 3 is 2.44 bits per heavy atom. The number of alkyl halides is 1. The van der Waals surface area contributed by atoms with Crippen molar-refractivity contribution < 1.29 is 0 Å². The first-order valence-corrected chi connectivity index (χ1v) is 5.68. The summed E-state index contributed by atoms with van der Waals surface area (Å²) in [4.78, 5) is 4.31. The number of nitrogens with two attached hydrogens (primary N) is 1. The Morgan fingerprint density at radius 2 is 1.81 bits per heavy atom. The van der Waals surface area contributed by atoms with Gasteiger partial charge in [0, 0.05) is 11.8 Å². The van der Waals surface area contributed by atoms with Gasteiger partial charge in [0.15, 0.2) is 0 Å². The number of aromatic nitrogens is 1. The third kappa shape index (κ3) is 2.34. The lowest BCUT2D eigenvalue weighted by Gasteiger charge is -2.13. The summed E-state index contributed by atoms with van der Waals surface area (Å²) in [5.41, 5.74) is 7.76. The molecule has 2 nitrogen and oxygen atoms in total. The van der Waals surface area contributed by atoms with E-state index in [0.717, 1.165) is 11.3 Å². The predicted molar refractivity (Wildman–Crippen MR) is 67.7 cm³/mol. The summed E-state index contributed by atoms with van der Waals surface area (Å²) in [5.74, 6) is 1.13. The molecule has 16 heavy (non-hydrogen) atoms. The van der Waals surface area contributed by atoms with Gasteiger partial charge in [0.05, 0.1) is 5.69 Å². The fourth-order valence-electron chi connectivity index (χ4n) is 1.69. The minimum atomic E-state index is 0.103. The highest BCUT2D eigenvalue weighted by molar-refractivity contribution is 6.18. The average molecular weight is 233 g/mol. The number of nitrogens with zero attached hydrogens (tertiary/aromatic N) is 1. The Hall–Kier alpha value is -1.54. The van der Waals surface area contributed by atoms with Gasteiger partial charge < -0.3 is 5.73 Å². The van der Waals surface area contributed by atoms with Gasteiger partial charge in [-0.3, -0.25) is 0 Å². The Morgan fingerprint density at radius 1 is 1.06 bits per heavy atom. The summed E-state index contributed by atoms with van der Waals surface area (Å²) in [6.07, 6.45) is 0. The van der Waals surface area contributed by atoms with Gasteiger partial charge in [-0.25, -0.2) is 4.98 Å². The normalized spacial score (nSPS) is 12.3. The fraction of sp³-hybridized carbons (Fsp3) is 0.154. The average Bonchev–Trinajstić information content (AvgIpc) is 2.31. The van der Waals surface area contributed by atoms with E-state index in [1.807, 2.05) is 30.3 Å². The number of halogens is 1. The Kier molecular flexibility index (Phi) is 3.42. The summed E-state index contributed by atoms with van der Waals surface area (Å²) >= 11 is 6.01. The second-order valence-corrected chi connectivity index (χ2v) is 3.91. The molecule has 0 aliphatic heterocycles. The lowest BCUT2D eigenvalue weighted by molar-refractivity contribution is 0.882. The molecule has 0 fully saturated rings. The van der Waals surface area contributed by atoms with E-state index in [9.17, 15) is 0 Å². The smallest absolute Gasteiger partial charge is 0.123 e. The van der Waals surface area contributed by atoms with E-state index in [4.69, 9.17) is 17.3 Å². The third-order valence-corrected chi connectivity index (χ3v) is 2.81. The minimum absolute atomic E-state index is 0.103. The summed E-state index contributed by atoms with van der Waals surface area (Å²) in [5, 5.41) is 0. The first kappa shape index (κ1) is 11.0. The molecule has 2 rings (SSSR count). The lowest BCUT2D eigenvalue weighted by atomic mass is 9.97. The highest BCUT2D eigenvalue weighted by Crippen LogP contribution is 2.24. The first-order valence-electron chi connectivity index (χ1n) is 5.14. The molecule has 0 saturated heterocycles. The maximum absolute atomic E-state index is 6.01. The van der Waals surface area contributed by atoms with Gasteiger partial charge in [-0.1, -0.05) is 36.4 Å². The van der Waals surface area contributed by atoms with Crippen molar-refractivity contribution in [1.29, 1.82) is 0 Å². The van der Waals surface area contributed by atoms with Crippen molar-refractivity contribution in [1.82, 2.24) is 4.98 Å². The lowest BCUT2D eigenvalue weighted by Crippen LogP contribution is -2.06. The van der Waals surface area contributed by atoms with Crippen LogP contribution in [0.3, 0.4) is 0 Å². The summed E-state index contributed by atoms with van der Waals surface area (Å²) in [7, 11) is 0. The Labute approximate surface area is 100 Å². The van der Waals surface area contributed by atoms with Crippen LogP contribution >= 0.6 is 11.6 Å². The molecule has 1 aromatic heterocycles. The van der Waals surface area contributed by atoms with Crippen LogP contribution in [0, 0.1) is 0 Å². The van der Waals surface area contributed by atoms with E-state index < -0.39 is 0 Å². The van der Waals surface area contributed by atoms with Crippen LogP contribution in [-0.4, -0.2) is 10.9 Å². The molecule has 1 heterocycles. The van der Waals surface area contributed by atoms with Crippen LogP contribution in [0.25, 0.3) is 0 Å². The van der Waals surface area contributed by atoms with E-state index in [2.05, 4.69) is 17.1 Å². The molecule has 3 heteroatoms. The highest BCUT2D eigenvalue weighted by Gasteiger charge is 2.13. The summed E-state index contributed by atoms with van der Waals surface area (Å²) < 4.78 is 0. The molecule has 1 unspecified atom stereocenters. The van der Waals surface area contributed by atoms with Gasteiger partial charge in [0.2, 0.25) is 0 Å². The van der Waals surface area contributed by atoms with Crippen molar-refractivity contribution in [2.45, 2.75) is 5.92 Å². The van der Waals surface area contributed by atoms with E-state index in [-0.39, 0.29) is 5.92 Å². The van der Waals surface area contributed by atoms with Crippen LogP contribution in [0.5, 0.6) is 0 Å². The number of benzene rings is 1. The largest absolute Gasteiger partial charge is 0.384 e. The topological polar surface area (TPSA) is 38.9 Å². The molecule has 1 atom stereocenters. The van der Waals surface area contributed by atoms with Crippen molar-refractivity contribution in [2.24, 2.45) is 0 Å². The molecule has 0 amide bonds. The second kappa shape index (κ2) is 4.99. The van der Waals surface area contributed by atoms with Gasteiger partial charge >= 0.3 is 0 Å². The molecule has 1 aromatic carbocycles. The predicted octanol–water partition coefficient (Wildman–Crippen LogP) is 3.03. The van der Waals surface area contributed by atoms with Gasteiger partial charge in [-0.05, 0) is 17.7 Å². The molecule has 2 aromatic rings. The monoisotopic (exact) mass is 232 g/mol. The molecule has 0 aliphatic rings. The molecule has 0 aliphatic carbocycles. The Balaban J connectivity index is 2.37. The van der Waals surface area contributed by atoms with E-state index in [1.54, 1.807) is 6.07 Å². The van der Waals surface area contributed by atoms with Crippen molar-refractivity contribution in [3.63, 3.8) is 0 Å². The summed E-state index contributed by atoms with van der Waals surface area (Å²) in [6.45, 7) is 0. The maximum Gasteiger partial charge on any atom is 0.123 e. The number of rotatable bonds is 3. The van der Waals surface area contributed by atoms with E-state index >= 15 is 0 Å². The zero-order chi connectivity index (χ0) is 11.4. The third-order valence-electron chi connectivity index (χ3n) is 2.51. The molecule has 0 radical (unpaired) electrons. The number of hydrogen-bond acceptors (Lipinski definition) is 2. The van der Waals surface area contributed by atoms with Crippen LogP contribution in [0.15, 0.2) is 48.5 Å². The first-order chi connectivity index (χ1) is 7.81. The highest BCUT2D eigenvalue weighted by atomic mass is 35.5. The molecule has 0 spiro atoms. The quantitative estimate of drug-likeness (QED) is 0.827. The van der Waals surface area contributed by atoms with Crippen LogP contribution in [0.2, 0.25) is 0 Å². The zero-order valence-electron chi connectivity index (χ0n) is 8.81. The van der Waals surface area contributed by atoms with Crippen molar-refractivity contribution in [2.75, 3.05) is 11.6 Å². The fourth-order valence-corrected chi connectivity index (χ4v) is 2.02. The number of hydrogen-bond donors (Lipinski definition) is 1. The number of anilines is 1. The molecular weight excluding hydrogens is 220 g/mol. The molecule has 82 valence electrons. The van der Waals surface area contributed by atoms with Crippen LogP contribution < -0.4 is 5.73 Å². The number of nitrogen functional groups attached to an aromatic ring is 1. The SMILES string of the molecule is Nc1cccc(C(CCl)c2ccccc2)n1. The van der Waals surface area contributed by atoms with Crippen molar-refractivity contribution >= 4 is 17.4 Å². The van der Waals surface area contributed by atoms with Crippen molar-refractivity contribution in [3.05, 3.63) is 59.8 Å². The molecule has 0 bridgehead atoms. The van der Waals surface area contributed by atoms with Crippen LogP contribution in [0.4, 0.5) is 5.82 Å². The zero-order valence-corrected chi connectivity index (χ0v) is 9.56. The van der Waals surface area contributed by atoms with Gasteiger partial charge in [0.25, 0.3) is 0 Å². The van der Waals surface area contributed by atoms with E-state index in [0.29, 0.717) is 11.7 Å². The molecular formula is C13H13ClN2. The second-order valence-electron chi connectivity index (χ2n) is 3.60. The maximum atomic E-state index is 6.01. The van der Waals surface area contributed by atoms with Crippen molar-refractivity contribution in [3.8, 4) is 0 Å². The minimum Gasteiger partial charge on any atom is -0.384 e. The van der Waals surface area contributed by atoms with E-state index in [1.165, 1.54) is 0 Å². The molecule has 2 N–H and O–H groups in total. The van der Waals surface area contributed by atoms with Gasteiger partial charge in [-0.2, -0.15) is 0 Å². The summed E-state index contributed by atoms with van der Waals surface area (Å²) in [6, 6.07) is 15.7. The Bertz CT molecular complexity index is 456. The molecule has 0 saturated carbocycles.